The maximum absolute atomic E-state index is 12.2. The van der Waals surface area contributed by atoms with Gasteiger partial charge in [-0.15, -0.1) is 0 Å². The fourth-order valence-corrected chi connectivity index (χ4v) is 2.60. The Morgan fingerprint density at radius 1 is 1.41 bits per heavy atom. The Bertz CT molecular complexity index is 527. The molecule has 1 aliphatic carbocycles. The van der Waals surface area contributed by atoms with Gasteiger partial charge >= 0.3 is 5.82 Å². The Morgan fingerprint density at radius 3 is 2.73 bits per heavy atom. The number of carbonyl (C=O) groups is 1. The van der Waals surface area contributed by atoms with Gasteiger partial charge in [0.25, 0.3) is 5.91 Å². The van der Waals surface area contributed by atoms with E-state index in [4.69, 9.17) is 4.74 Å². The van der Waals surface area contributed by atoms with Crippen molar-refractivity contribution in [3.05, 3.63) is 28.4 Å². The fraction of sp³-hybridized carbons (Fsp3) is 0.600. The molecule has 1 aliphatic rings. The number of rotatable bonds is 5. The molecule has 1 aromatic rings. The zero-order chi connectivity index (χ0) is 15.9. The third-order valence-electron chi connectivity index (χ3n) is 3.80. The van der Waals surface area contributed by atoms with Crippen LogP contribution in [0.25, 0.3) is 0 Å². The van der Waals surface area contributed by atoms with Gasteiger partial charge in [0.15, 0.2) is 6.10 Å². The summed E-state index contributed by atoms with van der Waals surface area (Å²) in [7, 11) is 0. The average molecular weight is 307 g/mol. The number of hydrogen-bond acceptors (Lipinski definition) is 5. The smallest absolute Gasteiger partial charge is 0.406 e. The normalized spacial score (nSPS) is 17.3. The highest BCUT2D eigenvalue weighted by Gasteiger charge is 2.23. The van der Waals surface area contributed by atoms with Gasteiger partial charge in [-0.2, -0.15) is 0 Å². The van der Waals surface area contributed by atoms with E-state index in [0.717, 1.165) is 25.7 Å². The quantitative estimate of drug-likeness (QED) is 0.512. The number of carbonyl (C=O) groups excluding carboxylic acids is 1. The number of hydrogen-bond donors (Lipinski definition) is 1. The molecule has 1 amide bonds. The molecule has 22 heavy (non-hydrogen) atoms. The van der Waals surface area contributed by atoms with Crippen molar-refractivity contribution in [2.45, 2.75) is 57.6 Å². The van der Waals surface area contributed by atoms with Crippen LogP contribution < -0.4 is 10.1 Å². The third kappa shape index (κ3) is 4.41. The van der Waals surface area contributed by atoms with Crippen LogP contribution in [0.2, 0.25) is 0 Å². The molecule has 1 fully saturated rings. The highest BCUT2D eigenvalue weighted by Crippen LogP contribution is 2.24. The Labute approximate surface area is 129 Å². The Morgan fingerprint density at radius 2 is 2.09 bits per heavy atom. The average Bonchev–Trinajstić information content (AvgIpc) is 2.76. The van der Waals surface area contributed by atoms with Gasteiger partial charge in [0.05, 0.1) is 0 Å². The van der Waals surface area contributed by atoms with Crippen molar-refractivity contribution in [2.75, 3.05) is 0 Å². The maximum Gasteiger partial charge on any atom is 0.406 e. The highest BCUT2D eigenvalue weighted by atomic mass is 16.6. The molecule has 1 heterocycles. The standard InChI is InChI=1S/C15H21N3O4/c1-11(15(19)17-12-7-4-2-3-5-8-12)22-13-9-6-10-16-14(13)18(20)21/h6,9-12H,2-5,7-8H2,1H3,(H,17,19)/t11-/m1/s1. The number of nitro groups is 1. The zero-order valence-electron chi connectivity index (χ0n) is 12.7. The van der Waals surface area contributed by atoms with Crippen LogP contribution in [-0.4, -0.2) is 28.0 Å². The predicted octanol–water partition coefficient (Wildman–Crippen LogP) is 2.60. The van der Waals surface area contributed by atoms with Crippen molar-refractivity contribution in [3.8, 4) is 5.75 Å². The van der Waals surface area contributed by atoms with Gasteiger partial charge in [0, 0.05) is 6.04 Å². The monoisotopic (exact) mass is 307 g/mol. The van der Waals surface area contributed by atoms with Gasteiger partial charge in [0.2, 0.25) is 5.75 Å². The van der Waals surface area contributed by atoms with E-state index in [0.29, 0.717) is 0 Å². The molecule has 0 bridgehead atoms. The minimum atomic E-state index is -0.800. The van der Waals surface area contributed by atoms with Crippen molar-refractivity contribution in [2.24, 2.45) is 0 Å². The molecule has 1 saturated carbocycles. The van der Waals surface area contributed by atoms with Crippen LogP contribution >= 0.6 is 0 Å². The summed E-state index contributed by atoms with van der Waals surface area (Å²) in [6, 6.07) is 3.16. The molecule has 1 aromatic heterocycles. The number of nitrogens with zero attached hydrogens (tertiary/aromatic N) is 2. The first-order valence-electron chi connectivity index (χ1n) is 7.64. The van der Waals surface area contributed by atoms with Crippen LogP contribution in [0.3, 0.4) is 0 Å². The summed E-state index contributed by atoms with van der Waals surface area (Å²) in [5, 5.41) is 13.9. The summed E-state index contributed by atoms with van der Waals surface area (Å²) in [5.74, 6) is -0.613. The van der Waals surface area contributed by atoms with E-state index in [1.54, 1.807) is 6.92 Å². The molecule has 120 valence electrons. The molecule has 0 saturated heterocycles. The summed E-state index contributed by atoms with van der Waals surface area (Å²) in [6.07, 6.45) is 7.13. The minimum absolute atomic E-state index is 0.0102. The summed E-state index contributed by atoms with van der Waals surface area (Å²) in [5.41, 5.74) is 0. The van der Waals surface area contributed by atoms with Crippen molar-refractivity contribution in [1.29, 1.82) is 0 Å². The summed E-state index contributed by atoms with van der Waals surface area (Å²) < 4.78 is 5.43. The molecular formula is C15H21N3O4. The van der Waals surface area contributed by atoms with E-state index in [-0.39, 0.29) is 23.5 Å². The van der Waals surface area contributed by atoms with E-state index in [2.05, 4.69) is 10.3 Å². The van der Waals surface area contributed by atoms with Crippen LogP contribution in [0.5, 0.6) is 5.75 Å². The van der Waals surface area contributed by atoms with Gasteiger partial charge < -0.3 is 20.2 Å². The predicted molar refractivity (Wildman–Crippen MR) is 80.6 cm³/mol. The fourth-order valence-electron chi connectivity index (χ4n) is 2.60. The maximum atomic E-state index is 12.2. The molecule has 0 radical (unpaired) electrons. The zero-order valence-corrected chi connectivity index (χ0v) is 12.7. The Balaban J connectivity index is 1.95. The summed E-state index contributed by atoms with van der Waals surface area (Å²) in [4.78, 5) is 26.1. The SMILES string of the molecule is C[C@@H](Oc1cccnc1[N+](=O)[O-])C(=O)NC1CCCCCC1. The van der Waals surface area contributed by atoms with Crippen molar-refractivity contribution in [1.82, 2.24) is 10.3 Å². The first-order valence-corrected chi connectivity index (χ1v) is 7.64. The lowest BCUT2D eigenvalue weighted by Crippen LogP contribution is -2.42. The molecule has 7 heteroatoms. The Kier molecular flexibility index (Phi) is 5.68. The van der Waals surface area contributed by atoms with Crippen LogP contribution in [0.15, 0.2) is 18.3 Å². The lowest BCUT2D eigenvalue weighted by molar-refractivity contribution is -0.390. The van der Waals surface area contributed by atoms with Crippen LogP contribution in [0, 0.1) is 10.1 Å². The first-order chi connectivity index (χ1) is 10.6. The van der Waals surface area contributed by atoms with E-state index in [1.807, 2.05) is 0 Å². The van der Waals surface area contributed by atoms with Gasteiger partial charge in [0.1, 0.15) is 6.20 Å². The molecule has 0 unspecified atom stereocenters. The first kappa shape index (κ1) is 16.2. The van der Waals surface area contributed by atoms with E-state index in [9.17, 15) is 14.9 Å². The highest BCUT2D eigenvalue weighted by molar-refractivity contribution is 5.81. The molecule has 0 spiro atoms. The van der Waals surface area contributed by atoms with Gasteiger partial charge in [-0.05, 0) is 41.8 Å². The van der Waals surface area contributed by atoms with Crippen LogP contribution in [0.4, 0.5) is 5.82 Å². The number of nitrogens with one attached hydrogen (secondary N) is 1. The molecule has 1 atom stereocenters. The molecule has 0 aromatic carbocycles. The molecule has 1 N–H and O–H groups in total. The number of amides is 1. The largest absolute Gasteiger partial charge is 0.473 e. The lowest BCUT2D eigenvalue weighted by Gasteiger charge is -2.20. The summed E-state index contributed by atoms with van der Waals surface area (Å²) >= 11 is 0. The number of ether oxygens (including phenoxy) is 1. The van der Waals surface area contributed by atoms with E-state index in [1.165, 1.54) is 31.2 Å². The van der Waals surface area contributed by atoms with Crippen molar-refractivity contribution >= 4 is 11.7 Å². The molecule has 2 rings (SSSR count). The number of pyridine rings is 1. The second-order valence-electron chi connectivity index (χ2n) is 5.54. The van der Waals surface area contributed by atoms with Crippen molar-refractivity contribution < 1.29 is 14.5 Å². The minimum Gasteiger partial charge on any atom is -0.473 e. The van der Waals surface area contributed by atoms with E-state index < -0.39 is 11.0 Å². The van der Waals surface area contributed by atoms with Gasteiger partial charge in [-0.25, -0.2) is 0 Å². The topological polar surface area (TPSA) is 94.4 Å². The van der Waals surface area contributed by atoms with Crippen LogP contribution in [0.1, 0.15) is 45.4 Å². The van der Waals surface area contributed by atoms with Gasteiger partial charge in [-0.3, -0.25) is 4.79 Å². The summed E-state index contributed by atoms with van der Waals surface area (Å²) in [6.45, 7) is 1.59. The molecule has 0 aliphatic heterocycles. The molecular weight excluding hydrogens is 286 g/mol. The third-order valence-corrected chi connectivity index (χ3v) is 3.80. The van der Waals surface area contributed by atoms with Crippen LogP contribution in [-0.2, 0) is 4.79 Å². The number of aromatic nitrogens is 1. The van der Waals surface area contributed by atoms with Crippen molar-refractivity contribution in [3.63, 3.8) is 0 Å². The van der Waals surface area contributed by atoms with Gasteiger partial charge in [-0.1, -0.05) is 25.7 Å². The molecule has 7 nitrogen and oxygen atoms in total. The van der Waals surface area contributed by atoms with E-state index >= 15 is 0 Å². The lowest BCUT2D eigenvalue weighted by atomic mass is 10.1. The second kappa shape index (κ2) is 7.72. The second-order valence-corrected chi connectivity index (χ2v) is 5.54. The Hall–Kier alpha value is -2.18.